The molecule has 0 atom stereocenters. The van der Waals surface area contributed by atoms with Gasteiger partial charge in [-0.25, -0.2) is 4.98 Å². The highest BCUT2D eigenvalue weighted by atomic mass is 32.1. The van der Waals surface area contributed by atoms with E-state index in [1.54, 1.807) is 18.4 Å². The lowest BCUT2D eigenvalue weighted by Gasteiger charge is -1.98. The van der Waals surface area contributed by atoms with E-state index in [-0.39, 0.29) is 0 Å². The largest absolute Gasteiger partial charge is 0.399 e. The van der Waals surface area contributed by atoms with Crippen LogP contribution in [0.3, 0.4) is 0 Å². The molecule has 0 saturated heterocycles. The Morgan fingerprint density at radius 1 is 1.41 bits per heavy atom. The van der Waals surface area contributed by atoms with Gasteiger partial charge in [0.2, 0.25) is 0 Å². The summed E-state index contributed by atoms with van der Waals surface area (Å²) in [7, 11) is 1.72. The van der Waals surface area contributed by atoms with E-state index in [1.807, 2.05) is 24.3 Å². The Labute approximate surface area is 105 Å². The normalized spacial score (nSPS) is 10.6. The molecule has 2 aromatic rings. The van der Waals surface area contributed by atoms with E-state index in [1.165, 1.54) is 0 Å². The summed E-state index contributed by atoms with van der Waals surface area (Å²) in [6.45, 7) is 0.785. The van der Waals surface area contributed by atoms with Crippen molar-refractivity contribution in [2.24, 2.45) is 0 Å². The lowest BCUT2D eigenvalue weighted by atomic mass is 10.1. The van der Waals surface area contributed by atoms with Gasteiger partial charge in [-0.1, -0.05) is 12.1 Å². The van der Waals surface area contributed by atoms with Crippen molar-refractivity contribution >= 4 is 17.0 Å². The molecular weight excluding hydrogens is 232 g/mol. The van der Waals surface area contributed by atoms with Crippen LogP contribution in [-0.2, 0) is 11.2 Å². The van der Waals surface area contributed by atoms with E-state index in [4.69, 9.17) is 10.5 Å². The maximum Gasteiger partial charge on any atom is 0.0933 e. The highest BCUT2D eigenvalue weighted by Gasteiger charge is 2.04. The van der Waals surface area contributed by atoms with Crippen LogP contribution in [0, 0.1) is 0 Å². The number of nitrogens with two attached hydrogens (primary N) is 1. The number of benzene rings is 1. The van der Waals surface area contributed by atoms with E-state index in [2.05, 4.69) is 10.4 Å². The SMILES string of the molecule is COCCCc1nc(-c2cccc(N)c2)cs1. The molecule has 1 aromatic carbocycles. The summed E-state index contributed by atoms with van der Waals surface area (Å²) in [6, 6.07) is 7.82. The number of rotatable bonds is 5. The number of nitrogen functional groups attached to an aromatic ring is 1. The lowest BCUT2D eigenvalue weighted by molar-refractivity contribution is 0.195. The second kappa shape index (κ2) is 5.80. The number of methoxy groups -OCH3 is 1. The van der Waals surface area contributed by atoms with E-state index in [0.717, 1.165) is 41.4 Å². The Balaban J connectivity index is 2.07. The molecule has 2 N–H and O–H groups in total. The average Bonchev–Trinajstić information content (AvgIpc) is 2.78. The van der Waals surface area contributed by atoms with E-state index >= 15 is 0 Å². The summed E-state index contributed by atoms with van der Waals surface area (Å²) >= 11 is 1.69. The number of thiazole rings is 1. The van der Waals surface area contributed by atoms with E-state index in [0.29, 0.717) is 0 Å². The van der Waals surface area contributed by atoms with Gasteiger partial charge in [0.05, 0.1) is 10.7 Å². The molecule has 90 valence electrons. The van der Waals surface area contributed by atoms with Crippen LogP contribution in [0.2, 0.25) is 0 Å². The highest BCUT2D eigenvalue weighted by Crippen LogP contribution is 2.24. The Morgan fingerprint density at radius 2 is 2.29 bits per heavy atom. The number of hydrogen-bond acceptors (Lipinski definition) is 4. The summed E-state index contributed by atoms with van der Waals surface area (Å²) in [4.78, 5) is 4.60. The van der Waals surface area contributed by atoms with Crippen molar-refractivity contribution in [3.05, 3.63) is 34.7 Å². The van der Waals surface area contributed by atoms with Gasteiger partial charge in [-0.15, -0.1) is 11.3 Å². The van der Waals surface area contributed by atoms with Gasteiger partial charge in [-0.3, -0.25) is 0 Å². The molecule has 0 amide bonds. The van der Waals surface area contributed by atoms with Gasteiger partial charge in [0.25, 0.3) is 0 Å². The van der Waals surface area contributed by atoms with Crippen LogP contribution in [0.15, 0.2) is 29.6 Å². The first-order chi connectivity index (χ1) is 8.29. The third-order valence-corrected chi connectivity index (χ3v) is 3.38. The molecule has 0 saturated carbocycles. The van der Waals surface area contributed by atoms with Crippen LogP contribution in [0.5, 0.6) is 0 Å². The molecule has 0 fully saturated rings. The van der Waals surface area contributed by atoms with Gasteiger partial charge in [-0.2, -0.15) is 0 Å². The van der Waals surface area contributed by atoms with Crippen molar-refractivity contribution in [2.75, 3.05) is 19.5 Å². The molecule has 1 heterocycles. The molecule has 0 radical (unpaired) electrons. The van der Waals surface area contributed by atoms with Crippen molar-refractivity contribution in [2.45, 2.75) is 12.8 Å². The first-order valence-corrected chi connectivity index (χ1v) is 6.47. The molecule has 3 nitrogen and oxygen atoms in total. The number of aryl methyl sites for hydroxylation is 1. The van der Waals surface area contributed by atoms with Crippen molar-refractivity contribution in [3.8, 4) is 11.3 Å². The summed E-state index contributed by atoms with van der Waals surface area (Å²) < 4.78 is 5.03. The van der Waals surface area contributed by atoms with Gasteiger partial charge in [0, 0.05) is 36.8 Å². The summed E-state index contributed by atoms with van der Waals surface area (Å²) in [5.41, 5.74) is 8.63. The molecule has 0 aliphatic heterocycles. The number of ether oxygens (including phenoxy) is 1. The zero-order valence-corrected chi connectivity index (χ0v) is 10.7. The second-order valence-electron chi connectivity index (χ2n) is 3.85. The maximum atomic E-state index is 5.76. The predicted octanol–water partition coefficient (Wildman–Crippen LogP) is 2.97. The Kier molecular flexibility index (Phi) is 4.12. The van der Waals surface area contributed by atoms with Crippen molar-refractivity contribution in [3.63, 3.8) is 0 Å². The smallest absolute Gasteiger partial charge is 0.0933 e. The topological polar surface area (TPSA) is 48.1 Å². The summed E-state index contributed by atoms with van der Waals surface area (Å²) in [5.74, 6) is 0. The highest BCUT2D eigenvalue weighted by molar-refractivity contribution is 7.09. The third-order valence-electron chi connectivity index (χ3n) is 2.47. The number of anilines is 1. The van der Waals surface area contributed by atoms with Crippen molar-refractivity contribution < 1.29 is 4.74 Å². The molecule has 0 spiro atoms. The van der Waals surface area contributed by atoms with E-state index < -0.39 is 0 Å². The summed E-state index contributed by atoms with van der Waals surface area (Å²) in [6.07, 6.45) is 1.99. The van der Waals surface area contributed by atoms with Crippen LogP contribution >= 0.6 is 11.3 Å². The number of nitrogens with zero attached hydrogens (tertiary/aromatic N) is 1. The Bertz CT molecular complexity index is 482. The molecule has 0 unspecified atom stereocenters. The van der Waals surface area contributed by atoms with Gasteiger partial charge >= 0.3 is 0 Å². The molecule has 17 heavy (non-hydrogen) atoms. The molecule has 0 aliphatic carbocycles. The standard InChI is InChI=1S/C13H16N2OS/c1-16-7-3-6-13-15-12(9-17-13)10-4-2-5-11(14)8-10/h2,4-5,8-9H,3,6-7,14H2,1H3. The zero-order chi connectivity index (χ0) is 12.1. The fraction of sp³-hybridized carbons (Fsp3) is 0.308. The molecule has 0 bridgehead atoms. The fourth-order valence-electron chi connectivity index (χ4n) is 1.62. The van der Waals surface area contributed by atoms with Crippen LogP contribution in [0.4, 0.5) is 5.69 Å². The molecule has 1 aromatic heterocycles. The monoisotopic (exact) mass is 248 g/mol. The minimum Gasteiger partial charge on any atom is -0.399 e. The maximum absolute atomic E-state index is 5.76. The Morgan fingerprint density at radius 3 is 3.06 bits per heavy atom. The fourth-order valence-corrected chi connectivity index (χ4v) is 2.47. The van der Waals surface area contributed by atoms with E-state index in [9.17, 15) is 0 Å². The van der Waals surface area contributed by atoms with Crippen molar-refractivity contribution in [1.82, 2.24) is 4.98 Å². The van der Waals surface area contributed by atoms with Gasteiger partial charge in [0.15, 0.2) is 0 Å². The minimum atomic E-state index is 0.774. The third kappa shape index (κ3) is 3.28. The zero-order valence-electron chi connectivity index (χ0n) is 9.85. The van der Waals surface area contributed by atoms with Gasteiger partial charge in [-0.05, 0) is 18.6 Å². The molecule has 4 heteroatoms. The van der Waals surface area contributed by atoms with Crippen LogP contribution in [0.1, 0.15) is 11.4 Å². The quantitative estimate of drug-likeness (QED) is 0.653. The lowest BCUT2D eigenvalue weighted by Crippen LogP contribution is -1.92. The summed E-state index contributed by atoms with van der Waals surface area (Å²) in [5, 5.41) is 3.23. The first-order valence-electron chi connectivity index (χ1n) is 5.59. The van der Waals surface area contributed by atoms with Crippen LogP contribution < -0.4 is 5.73 Å². The average molecular weight is 248 g/mol. The minimum absolute atomic E-state index is 0.774. The molecule has 0 aliphatic rings. The molecular formula is C13H16N2OS. The first kappa shape index (κ1) is 12.1. The van der Waals surface area contributed by atoms with Crippen LogP contribution in [-0.4, -0.2) is 18.7 Å². The van der Waals surface area contributed by atoms with Crippen molar-refractivity contribution in [1.29, 1.82) is 0 Å². The Hall–Kier alpha value is -1.39. The number of hydrogen-bond donors (Lipinski definition) is 1. The van der Waals surface area contributed by atoms with Gasteiger partial charge < -0.3 is 10.5 Å². The second-order valence-corrected chi connectivity index (χ2v) is 4.79. The van der Waals surface area contributed by atoms with Crippen LogP contribution in [0.25, 0.3) is 11.3 Å². The predicted molar refractivity (Wildman–Crippen MR) is 72.2 cm³/mol. The van der Waals surface area contributed by atoms with Gasteiger partial charge in [0.1, 0.15) is 0 Å². The molecule has 2 rings (SSSR count). The number of aromatic nitrogens is 1.